The van der Waals surface area contributed by atoms with E-state index in [1.807, 2.05) is 24.3 Å². The van der Waals surface area contributed by atoms with E-state index in [0.29, 0.717) is 12.3 Å². The van der Waals surface area contributed by atoms with Crippen LogP contribution in [0.15, 0.2) is 42.5 Å². The summed E-state index contributed by atoms with van der Waals surface area (Å²) in [7, 11) is 1.56. The lowest BCUT2D eigenvalue weighted by Crippen LogP contribution is -2.24. The molecule has 1 aromatic heterocycles. The van der Waals surface area contributed by atoms with Gasteiger partial charge in [0.25, 0.3) is 5.91 Å². The molecule has 1 N–H and O–H groups in total. The summed E-state index contributed by atoms with van der Waals surface area (Å²) in [6, 6.07) is 11.4. The predicted molar refractivity (Wildman–Crippen MR) is 68.4 cm³/mol. The number of benzene rings is 1. The number of ether oxygens (including phenoxy) is 1. The van der Waals surface area contributed by atoms with Crippen LogP contribution in [-0.4, -0.2) is 18.0 Å². The Morgan fingerprint density at radius 3 is 2.79 bits per heavy atom. The van der Waals surface area contributed by atoms with E-state index in [1.165, 1.54) is 18.2 Å². The fraction of sp³-hybridized carbons (Fsp3) is 0.143. The molecule has 1 amide bonds. The number of aromatic nitrogens is 1. The van der Waals surface area contributed by atoms with Gasteiger partial charge < -0.3 is 10.1 Å². The van der Waals surface area contributed by atoms with Gasteiger partial charge in [0.2, 0.25) is 5.95 Å². The largest absolute Gasteiger partial charge is 0.496 e. The van der Waals surface area contributed by atoms with Crippen LogP contribution in [0.3, 0.4) is 0 Å². The number of rotatable bonds is 4. The van der Waals surface area contributed by atoms with Crippen LogP contribution in [0, 0.1) is 5.95 Å². The molecule has 0 atom stereocenters. The fourth-order valence-corrected chi connectivity index (χ4v) is 1.65. The summed E-state index contributed by atoms with van der Waals surface area (Å²) in [6.07, 6.45) is 0. The maximum atomic E-state index is 12.9. The van der Waals surface area contributed by atoms with Crippen molar-refractivity contribution < 1.29 is 13.9 Å². The van der Waals surface area contributed by atoms with Crippen molar-refractivity contribution in [3.63, 3.8) is 0 Å². The number of methoxy groups -OCH3 is 1. The third-order valence-electron chi connectivity index (χ3n) is 2.58. The van der Waals surface area contributed by atoms with E-state index in [4.69, 9.17) is 4.74 Å². The minimum absolute atomic E-state index is 0.0508. The monoisotopic (exact) mass is 260 g/mol. The quantitative estimate of drug-likeness (QED) is 0.857. The zero-order valence-corrected chi connectivity index (χ0v) is 10.4. The first-order chi connectivity index (χ1) is 9.20. The minimum atomic E-state index is -0.676. The van der Waals surface area contributed by atoms with Crippen LogP contribution in [0.4, 0.5) is 4.39 Å². The van der Waals surface area contributed by atoms with E-state index in [9.17, 15) is 9.18 Å². The average Bonchev–Trinajstić information content (AvgIpc) is 2.45. The van der Waals surface area contributed by atoms with E-state index in [2.05, 4.69) is 10.3 Å². The second-order valence-electron chi connectivity index (χ2n) is 3.84. The molecule has 5 heteroatoms. The zero-order chi connectivity index (χ0) is 13.7. The maximum absolute atomic E-state index is 12.9. The number of carbonyl (C=O) groups is 1. The third kappa shape index (κ3) is 3.28. The SMILES string of the molecule is COc1ccccc1CNC(=O)c1cccc(F)n1. The predicted octanol–water partition coefficient (Wildman–Crippen LogP) is 2.16. The molecule has 98 valence electrons. The lowest BCUT2D eigenvalue weighted by atomic mass is 10.2. The van der Waals surface area contributed by atoms with Gasteiger partial charge in [-0.15, -0.1) is 0 Å². The molecular weight excluding hydrogens is 247 g/mol. The molecular formula is C14H13FN2O2. The van der Waals surface area contributed by atoms with Gasteiger partial charge in [-0.25, -0.2) is 4.98 Å². The highest BCUT2D eigenvalue weighted by Gasteiger charge is 2.09. The molecule has 0 radical (unpaired) electrons. The molecule has 0 saturated heterocycles. The first-order valence-electron chi connectivity index (χ1n) is 5.73. The Balaban J connectivity index is 2.04. The lowest BCUT2D eigenvalue weighted by Gasteiger charge is -2.09. The third-order valence-corrected chi connectivity index (χ3v) is 2.58. The van der Waals surface area contributed by atoms with Crippen LogP contribution in [0.2, 0.25) is 0 Å². The van der Waals surface area contributed by atoms with Crippen LogP contribution in [0.5, 0.6) is 5.75 Å². The van der Waals surface area contributed by atoms with E-state index < -0.39 is 11.9 Å². The number of hydrogen-bond acceptors (Lipinski definition) is 3. The Morgan fingerprint density at radius 2 is 2.05 bits per heavy atom. The van der Waals surface area contributed by atoms with Crippen LogP contribution in [-0.2, 0) is 6.54 Å². The van der Waals surface area contributed by atoms with Gasteiger partial charge in [-0.1, -0.05) is 24.3 Å². The number of halogens is 1. The molecule has 0 aliphatic heterocycles. The van der Waals surface area contributed by atoms with Gasteiger partial charge >= 0.3 is 0 Å². The van der Waals surface area contributed by atoms with Crippen molar-refractivity contribution in [3.05, 3.63) is 59.7 Å². The zero-order valence-electron chi connectivity index (χ0n) is 10.4. The number of pyridine rings is 1. The van der Waals surface area contributed by atoms with E-state index in [-0.39, 0.29) is 5.69 Å². The number of amides is 1. The van der Waals surface area contributed by atoms with E-state index in [1.54, 1.807) is 7.11 Å². The Hall–Kier alpha value is -2.43. The molecule has 0 saturated carbocycles. The van der Waals surface area contributed by atoms with Crippen molar-refractivity contribution >= 4 is 5.91 Å². The lowest BCUT2D eigenvalue weighted by molar-refractivity contribution is 0.0944. The number of para-hydroxylation sites is 1. The molecule has 0 bridgehead atoms. The Labute approximate surface area is 110 Å². The Kier molecular flexibility index (Phi) is 4.07. The second kappa shape index (κ2) is 5.95. The van der Waals surface area contributed by atoms with Crippen molar-refractivity contribution in [2.75, 3.05) is 7.11 Å². The van der Waals surface area contributed by atoms with Gasteiger partial charge in [-0.3, -0.25) is 4.79 Å². The molecule has 1 aromatic carbocycles. The topological polar surface area (TPSA) is 51.2 Å². The molecule has 4 nitrogen and oxygen atoms in total. The summed E-state index contributed by atoms with van der Waals surface area (Å²) in [5.41, 5.74) is 0.893. The normalized spacial score (nSPS) is 10.0. The van der Waals surface area contributed by atoms with Gasteiger partial charge in [-0.05, 0) is 18.2 Å². The molecule has 0 fully saturated rings. The van der Waals surface area contributed by atoms with Gasteiger partial charge in [0.1, 0.15) is 11.4 Å². The molecule has 0 aliphatic rings. The number of nitrogens with one attached hydrogen (secondary N) is 1. The minimum Gasteiger partial charge on any atom is -0.496 e. The fourth-order valence-electron chi connectivity index (χ4n) is 1.65. The average molecular weight is 260 g/mol. The van der Waals surface area contributed by atoms with Crippen LogP contribution < -0.4 is 10.1 Å². The van der Waals surface area contributed by atoms with Gasteiger partial charge in [-0.2, -0.15) is 4.39 Å². The smallest absolute Gasteiger partial charge is 0.270 e. The molecule has 0 unspecified atom stereocenters. The first kappa shape index (κ1) is 13.0. The van der Waals surface area contributed by atoms with Gasteiger partial charge in [0.05, 0.1) is 7.11 Å². The summed E-state index contributed by atoms with van der Waals surface area (Å²) in [5.74, 6) is -0.412. The van der Waals surface area contributed by atoms with Crippen molar-refractivity contribution in [2.24, 2.45) is 0 Å². The molecule has 0 spiro atoms. The molecule has 1 heterocycles. The van der Waals surface area contributed by atoms with Crippen LogP contribution in [0.25, 0.3) is 0 Å². The van der Waals surface area contributed by atoms with Crippen molar-refractivity contribution in [1.29, 1.82) is 0 Å². The maximum Gasteiger partial charge on any atom is 0.270 e. The van der Waals surface area contributed by atoms with Crippen molar-refractivity contribution in [3.8, 4) is 5.75 Å². The van der Waals surface area contributed by atoms with E-state index in [0.717, 1.165) is 5.56 Å². The first-order valence-corrected chi connectivity index (χ1v) is 5.73. The van der Waals surface area contributed by atoms with Gasteiger partial charge in [0.15, 0.2) is 0 Å². The molecule has 0 aliphatic carbocycles. The summed E-state index contributed by atoms with van der Waals surface area (Å²) < 4.78 is 18.1. The molecule has 19 heavy (non-hydrogen) atoms. The molecule has 2 aromatic rings. The second-order valence-corrected chi connectivity index (χ2v) is 3.84. The Morgan fingerprint density at radius 1 is 1.26 bits per heavy atom. The standard InChI is InChI=1S/C14H13FN2O2/c1-19-12-7-3-2-5-10(12)9-16-14(18)11-6-4-8-13(15)17-11/h2-8H,9H2,1H3,(H,16,18). The summed E-state index contributed by atoms with van der Waals surface area (Å²) in [4.78, 5) is 15.3. The van der Waals surface area contributed by atoms with Gasteiger partial charge in [0, 0.05) is 12.1 Å². The van der Waals surface area contributed by atoms with Crippen LogP contribution >= 0.6 is 0 Å². The highest BCUT2D eigenvalue weighted by Crippen LogP contribution is 2.16. The summed E-state index contributed by atoms with van der Waals surface area (Å²) in [6.45, 7) is 0.293. The number of hydrogen-bond donors (Lipinski definition) is 1. The van der Waals surface area contributed by atoms with Crippen molar-refractivity contribution in [2.45, 2.75) is 6.54 Å². The highest BCUT2D eigenvalue weighted by atomic mass is 19.1. The molecule has 2 rings (SSSR count). The van der Waals surface area contributed by atoms with Crippen molar-refractivity contribution in [1.82, 2.24) is 10.3 Å². The number of nitrogens with zero attached hydrogens (tertiary/aromatic N) is 1. The Bertz CT molecular complexity index is 587. The summed E-state index contributed by atoms with van der Waals surface area (Å²) in [5, 5.41) is 2.67. The van der Waals surface area contributed by atoms with Crippen LogP contribution in [0.1, 0.15) is 16.1 Å². The summed E-state index contributed by atoms with van der Waals surface area (Å²) >= 11 is 0. The van der Waals surface area contributed by atoms with E-state index >= 15 is 0 Å². The highest BCUT2D eigenvalue weighted by molar-refractivity contribution is 5.92. The number of carbonyl (C=O) groups excluding carboxylic acids is 1.